The lowest BCUT2D eigenvalue weighted by Crippen LogP contribution is -2.05. The van der Waals surface area contributed by atoms with Crippen molar-refractivity contribution in [3.63, 3.8) is 0 Å². The molecule has 1 aliphatic heterocycles. The quantitative estimate of drug-likeness (QED) is 0.243. The number of carbonyl (C=O) groups excluding carboxylic acids is 1. The van der Waals surface area contributed by atoms with Crippen LogP contribution in [-0.4, -0.2) is 11.9 Å². The number of halogens is 2. The summed E-state index contributed by atoms with van der Waals surface area (Å²) in [6, 6.07) is 22.7. The van der Waals surface area contributed by atoms with E-state index in [0.717, 1.165) is 14.7 Å². The summed E-state index contributed by atoms with van der Waals surface area (Å²) < 4.78 is 12.3. The van der Waals surface area contributed by atoms with Crippen molar-refractivity contribution in [3.8, 4) is 5.75 Å². The van der Waals surface area contributed by atoms with Gasteiger partial charge in [-0.25, -0.2) is 9.79 Å². The number of aliphatic imine (C=N–C) groups is 1. The van der Waals surface area contributed by atoms with Crippen LogP contribution in [0.4, 0.5) is 0 Å². The summed E-state index contributed by atoms with van der Waals surface area (Å²) in [5, 5.41) is 0.478. The zero-order chi connectivity index (χ0) is 20.2. The molecule has 0 bridgehead atoms. The Hall–Kier alpha value is -2.64. The zero-order valence-electron chi connectivity index (χ0n) is 15.1. The van der Waals surface area contributed by atoms with E-state index in [1.807, 2.05) is 54.6 Å². The van der Waals surface area contributed by atoms with Gasteiger partial charge in [0.2, 0.25) is 5.90 Å². The molecular weight excluding hydrogens is 501 g/mol. The van der Waals surface area contributed by atoms with Crippen molar-refractivity contribution in [1.82, 2.24) is 0 Å². The van der Waals surface area contributed by atoms with Crippen LogP contribution in [-0.2, 0) is 16.1 Å². The third kappa shape index (κ3) is 4.86. The summed E-state index contributed by atoms with van der Waals surface area (Å²) in [5.41, 5.74) is 2.69. The molecule has 0 unspecified atom stereocenters. The molecule has 3 aromatic rings. The highest BCUT2D eigenvalue weighted by molar-refractivity contribution is 14.1. The average Bonchev–Trinajstić information content (AvgIpc) is 3.07. The lowest BCUT2D eigenvalue weighted by molar-refractivity contribution is -0.129. The van der Waals surface area contributed by atoms with Crippen molar-refractivity contribution in [2.45, 2.75) is 6.61 Å². The molecule has 3 aromatic carbocycles. The number of esters is 1. The van der Waals surface area contributed by atoms with Crippen molar-refractivity contribution >= 4 is 52.1 Å². The smallest absolute Gasteiger partial charge is 0.363 e. The first-order valence-electron chi connectivity index (χ1n) is 8.83. The van der Waals surface area contributed by atoms with Gasteiger partial charge in [-0.05, 0) is 76.2 Å². The van der Waals surface area contributed by atoms with Gasteiger partial charge in [0.25, 0.3) is 0 Å². The van der Waals surface area contributed by atoms with Crippen molar-refractivity contribution in [2.75, 3.05) is 0 Å². The molecule has 4 rings (SSSR count). The van der Waals surface area contributed by atoms with Crippen molar-refractivity contribution < 1.29 is 14.3 Å². The third-order valence-corrected chi connectivity index (χ3v) is 5.18. The number of nitrogens with zero attached hydrogens (tertiary/aromatic N) is 1. The van der Waals surface area contributed by atoms with Gasteiger partial charge in [-0.15, -0.1) is 0 Å². The number of carbonyl (C=O) groups is 1. The average molecular weight is 516 g/mol. The second kappa shape index (κ2) is 8.80. The molecule has 0 fully saturated rings. The summed E-state index contributed by atoms with van der Waals surface area (Å²) in [7, 11) is 0. The summed E-state index contributed by atoms with van der Waals surface area (Å²) in [6.45, 7) is 0.466. The van der Waals surface area contributed by atoms with Crippen LogP contribution < -0.4 is 4.74 Å². The van der Waals surface area contributed by atoms with Crippen LogP contribution in [0.2, 0.25) is 5.02 Å². The van der Waals surface area contributed by atoms with E-state index < -0.39 is 5.97 Å². The minimum atomic E-state index is -0.509. The highest BCUT2D eigenvalue weighted by Crippen LogP contribution is 2.24. The van der Waals surface area contributed by atoms with Crippen molar-refractivity contribution in [2.24, 2.45) is 4.99 Å². The van der Waals surface area contributed by atoms with E-state index in [9.17, 15) is 4.79 Å². The minimum Gasteiger partial charge on any atom is -0.489 e. The summed E-state index contributed by atoms with van der Waals surface area (Å²) >= 11 is 8.44. The van der Waals surface area contributed by atoms with Gasteiger partial charge >= 0.3 is 5.97 Å². The van der Waals surface area contributed by atoms with Gasteiger partial charge < -0.3 is 9.47 Å². The second-order valence-corrected chi connectivity index (χ2v) is 7.96. The highest BCUT2D eigenvalue weighted by Gasteiger charge is 2.25. The topological polar surface area (TPSA) is 47.9 Å². The molecule has 0 amide bonds. The highest BCUT2D eigenvalue weighted by atomic mass is 127. The molecule has 0 aromatic heterocycles. The zero-order valence-corrected chi connectivity index (χ0v) is 18.1. The van der Waals surface area contributed by atoms with E-state index in [1.165, 1.54) is 0 Å². The molecule has 0 spiro atoms. The Labute approximate surface area is 187 Å². The molecule has 0 N–H and O–H groups in total. The van der Waals surface area contributed by atoms with E-state index in [2.05, 4.69) is 33.6 Å². The Kier molecular flexibility index (Phi) is 5.97. The molecule has 0 saturated carbocycles. The predicted molar refractivity (Wildman–Crippen MR) is 122 cm³/mol. The Balaban J connectivity index is 1.53. The summed E-state index contributed by atoms with van der Waals surface area (Å²) in [4.78, 5) is 16.5. The molecule has 0 aliphatic carbocycles. The Morgan fingerprint density at radius 3 is 2.69 bits per heavy atom. The molecule has 0 atom stereocenters. The Morgan fingerprint density at radius 1 is 1.03 bits per heavy atom. The first-order chi connectivity index (χ1) is 14.1. The van der Waals surface area contributed by atoms with Crippen LogP contribution in [0.3, 0.4) is 0 Å². The van der Waals surface area contributed by atoms with Gasteiger partial charge in [0.1, 0.15) is 12.4 Å². The van der Waals surface area contributed by atoms with Crippen LogP contribution in [0.5, 0.6) is 5.75 Å². The standard InChI is InChI=1S/C23H15ClINO3/c24-20-10-2-1-9-19(20)22-26-21(23(27)29-22)13-15-5-4-8-18(12-15)28-14-16-6-3-7-17(25)11-16/h1-13H,14H2/b21-13-. The predicted octanol–water partition coefficient (Wildman–Crippen LogP) is 5.87. The Bertz CT molecular complexity index is 1140. The second-order valence-electron chi connectivity index (χ2n) is 6.31. The van der Waals surface area contributed by atoms with E-state index >= 15 is 0 Å². The van der Waals surface area contributed by atoms with Gasteiger partial charge in [-0.1, -0.05) is 48.0 Å². The molecule has 0 saturated heterocycles. The third-order valence-electron chi connectivity index (χ3n) is 4.18. The maximum atomic E-state index is 12.2. The van der Waals surface area contributed by atoms with E-state index in [0.29, 0.717) is 22.9 Å². The number of ether oxygens (including phenoxy) is 2. The van der Waals surface area contributed by atoms with Gasteiger partial charge in [-0.3, -0.25) is 0 Å². The number of benzene rings is 3. The number of cyclic esters (lactones) is 1. The van der Waals surface area contributed by atoms with Crippen LogP contribution >= 0.6 is 34.2 Å². The molecule has 1 aliphatic rings. The fourth-order valence-electron chi connectivity index (χ4n) is 2.80. The maximum absolute atomic E-state index is 12.2. The molecule has 144 valence electrons. The van der Waals surface area contributed by atoms with E-state index in [1.54, 1.807) is 18.2 Å². The summed E-state index contributed by atoms with van der Waals surface area (Å²) in [6.07, 6.45) is 1.67. The van der Waals surface area contributed by atoms with E-state index in [-0.39, 0.29) is 11.6 Å². The molecule has 0 radical (unpaired) electrons. The fraction of sp³-hybridized carbons (Fsp3) is 0.0435. The molecular formula is C23H15ClINO3. The van der Waals surface area contributed by atoms with Gasteiger partial charge in [0.15, 0.2) is 5.70 Å². The number of hydrogen-bond donors (Lipinski definition) is 0. The lowest BCUT2D eigenvalue weighted by Gasteiger charge is -2.07. The van der Waals surface area contributed by atoms with Crippen LogP contribution in [0.1, 0.15) is 16.7 Å². The van der Waals surface area contributed by atoms with Crippen molar-refractivity contribution in [3.05, 3.63) is 104 Å². The van der Waals surface area contributed by atoms with Crippen molar-refractivity contribution in [1.29, 1.82) is 0 Å². The summed E-state index contributed by atoms with van der Waals surface area (Å²) in [5.74, 6) is 0.405. The largest absolute Gasteiger partial charge is 0.489 e. The Morgan fingerprint density at radius 2 is 1.86 bits per heavy atom. The lowest BCUT2D eigenvalue weighted by atomic mass is 10.2. The molecule has 6 heteroatoms. The first-order valence-corrected chi connectivity index (χ1v) is 10.3. The van der Waals surface area contributed by atoms with E-state index in [4.69, 9.17) is 21.1 Å². The SMILES string of the molecule is O=C1OC(c2ccccc2Cl)=N/C1=C\c1cccc(OCc2cccc(I)c2)c1. The first kappa shape index (κ1) is 19.7. The van der Waals surface area contributed by atoms with Gasteiger partial charge in [0, 0.05) is 3.57 Å². The molecule has 29 heavy (non-hydrogen) atoms. The maximum Gasteiger partial charge on any atom is 0.363 e. The van der Waals surface area contributed by atoms with Crippen LogP contribution in [0.25, 0.3) is 6.08 Å². The molecule has 4 nitrogen and oxygen atoms in total. The molecule has 1 heterocycles. The monoisotopic (exact) mass is 515 g/mol. The van der Waals surface area contributed by atoms with Crippen LogP contribution in [0, 0.1) is 3.57 Å². The number of hydrogen-bond acceptors (Lipinski definition) is 4. The fourth-order valence-corrected chi connectivity index (χ4v) is 3.63. The number of rotatable bonds is 5. The minimum absolute atomic E-state index is 0.206. The van der Waals surface area contributed by atoms with Gasteiger partial charge in [-0.2, -0.15) is 0 Å². The normalized spacial score (nSPS) is 14.6. The van der Waals surface area contributed by atoms with Crippen LogP contribution in [0.15, 0.2) is 83.5 Å². The van der Waals surface area contributed by atoms with Gasteiger partial charge in [0.05, 0.1) is 10.6 Å².